The molecule has 0 amide bonds. The highest BCUT2D eigenvalue weighted by molar-refractivity contribution is 7.89. The van der Waals surface area contributed by atoms with Gasteiger partial charge in [0.25, 0.3) is 0 Å². The maximum Gasteiger partial charge on any atom is 0.387 e. The monoisotopic (exact) mass is 332 g/mol. The number of hydrogen-bond donors (Lipinski definition) is 1. The summed E-state index contributed by atoms with van der Waals surface area (Å²) in [6.45, 7) is -0.791. The molecule has 0 aliphatic carbocycles. The number of benzene rings is 1. The van der Waals surface area contributed by atoms with Gasteiger partial charge in [-0.15, -0.1) is 10.2 Å². The smallest absolute Gasteiger partial charge is 0.387 e. The Labute approximate surface area is 126 Å². The Hall–Kier alpha value is -2.07. The molecule has 10 heteroatoms. The second kappa shape index (κ2) is 6.79. The van der Waals surface area contributed by atoms with Crippen LogP contribution in [0.25, 0.3) is 0 Å². The van der Waals surface area contributed by atoms with Crippen LogP contribution in [0, 0.1) is 0 Å². The van der Waals surface area contributed by atoms with Crippen molar-refractivity contribution in [3.05, 3.63) is 36.4 Å². The van der Waals surface area contributed by atoms with Crippen molar-refractivity contribution in [1.29, 1.82) is 0 Å². The van der Waals surface area contributed by atoms with Crippen molar-refractivity contribution in [2.45, 2.75) is 31.5 Å². The van der Waals surface area contributed by atoms with E-state index in [9.17, 15) is 17.2 Å². The molecule has 0 unspecified atom stereocenters. The molecule has 1 aromatic carbocycles. The Bertz CT molecular complexity index is 733. The first-order valence-corrected chi connectivity index (χ1v) is 7.82. The fraction of sp³-hybridized carbons (Fsp3) is 0.333. The van der Waals surface area contributed by atoms with E-state index in [0.29, 0.717) is 12.4 Å². The molecule has 2 aromatic rings. The SMILES string of the molecule is CCn1cnnc1CNS(=O)(=O)c1ccccc1OC(F)F. The van der Waals surface area contributed by atoms with Crippen LogP contribution in [-0.2, 0) is 23.1 Å². The number of rotatable bonds is 7. The van der Waals surface area contributed by atoms with Crippen molar-refractivity contribution >= 4 is 10.0 Å². The van der Waals surface area contributed by atoms with E-state index >= 15 is 0 Å². The number of aryl methyl sites for hydroxylation is 1. The zero-order valence-electron chi connectivity index (χ0n) is 11.6. The topological polar surface area (TPSA) is 86.1 Å². The number of nitrogens with zero attached hydrogens (tertiary/aromatic N) is 3. The summed E-state index contributed by atoms with van der Waals surface area (Å²) in [5, 5.41) is 7.47. The van der Waals surface area contributed by atoms with E-state index < -0.39 is 22.4 Å². The quantitative estimate of drug-likeness (QED) is 0.828. The van der Waals surface area contributed by atoms with E-state index in [2.05, 4.69) is 19.7 Å². The van der Waals surface area contributed by atoms with Gasteiger partial charge in [0.1, 0.15) is 22.8 Å². The van der Waals surface area contributed by atoms with Gasteiger partial charge in [0.2, 0.25) is 10.0 Å². The molecule has 7 nitrogen and oxygen atoms in total. The molecule has 1 N–H and O–H groups in total. The van der Waals surface area contributed by atoms with E-state index in [-0.39, 0.29) is 11.4 Å². The predicted molar refractivity (Wildman–Crippen MR) is 72.8 cm³/mol. The lowest BCUT2D eigenvalue weighted by Crippen LogP contribution is -2.25. The maximum absolute atomic E-state index is 12.3. The highest BCUT2D eigenvalue weighted by Crippen LogP contribution is 2.24. The van der Waals surface area contributed by atoms with Gasteiger partial charge in [0.05, 0.1) is 6.54 Å². The minimum Gasteiger partial charge on any atom is -0.433 e. The lowest BCUT2D eigenvalue weighted by atomic mass is 10.3. The van der Waals surface area contributed by atoms with Crippen LogP contribution < -0.4 is 9.46 Å². The van der Waals surface area contributed by atoms with Crippen LogP contribution >= 0.6 is 0 Å². The third-order valence-electron chi connectivity index (χ3n) is 2.81. The molecule has 2 rings (SSSR count). The van der Waals surface area contributed by atoms with Crippen LogP contribution in [0.4, 0.5) is 8.78 Å². The zero-order valence-corrected chi connectivity index (χ0v) is 12.4. The lowest BCUT2D eigenvalue weighted by Gasteiger charge is -2.12. The van der Waals surface area contributed by atoms with Crippen molar-refractivity contribution in [3.8, 4) is 5.75 Å². The Kier molecular flexibility index (Phi) is 5.03. The molecule has 22 heavy (non-hydrogen) atoms. The molecule has 120 valence electrons. The molecule has 0 fully saturated rings. The molecule has 1 heterocycles. The third kappa shape index (κ3) is 3.77. The van der Waals surface area contributed by atoms with E-state index in [1.165, 1.54) is 24.5 Å². The van der Waals surface area contributed by atoms with Gasteiger partial charge >= 0.3 is 6.61 Å². The number of para-hydroxylation sites is 1. The van der Waals surface area contributed by atoms with Crippen molar-refractivity contribution in [2.75, 3.05) is 0 Å². The second-order valence-corrected chi connectivity index (χ2v) is 5.92. The minimum atomic E-state index is -4.03. The van der Waals surface area contributed by atoms with E-state index in [1.54, 1.807) is 4.57 Å². The van der Waals surface area contributed by atoms with Crippen LogP contribution in [0.15, 0.2) is 35.5 Å². The van der Waals surface area contributed by atoms with Gasteiger partial charge < -0.3 is 9.30 Å². The average molecular weight is 332 g/mol. The normalized spacial score (nSPS) is 11.8. The molecule has 0 saturated heterocycles. The zero-order chi connectivity index (χ0) is 16.2. The Morgan fingerprint density at radius 2 is 2.09 bits per heavy atom. The van der Waals surface area contributed by atoms with Gasteiger partial charge in [0, 0.05) is 6.54 Å². The second-order valence-electron chi connectivity index (χ2n) is 4.18. The van der Waals surface area contributed by atoms with Gasteiger partial charge in [-0.25, -0.2) is 13.1 Å². The van der Waals surface area contributed by atoms with Gasteiger partial charge in [-0.1, -0.05) is 12.1 Å². The van der Waals surface area contributed by atoms with Gasteiger partial charge in [0.15, 0.2) is 0 Å². The summed E-state index contributed by atoms with van der Waals surface area (Å²) in [7, 11) is -4.03. The van der Waals surface area contributed by atoms with Crippen molar-refractivity contribution in [3.63, 3.8) is 0 Å². The first-order chi connectivity index (χ1) is 10.4. The highest BCUT2D eigenvalue weighted by atomic mass is 32.2. The van der Waals surface area contributed by atoms with E-state index in [1.807, 2.05) is 6.92 Å². The van der Waals surface area contributed by atoms with Crippen molar-refractivity contribution in [1.82, 2.24) is 19.5 Å². The molecular weight excluding hydrogens is 318 g/mol. The van der Waals surface area contributed by atoms with Crippen molar-refractivity contribution < 1.29 is 21.9 Å². The van der Waals surface area contributed by atoms with Gasteiger partial charge in [-0.2, -0.15) is 8.78 Å². The summed E-state index contributed by atoms with van der Waals surface area (Å²) in [6.07, 6.45) is 1.47. The number of nitrogens with one attached hydrogen (secondary N) is 1. The summed E-state index contributed by atoms with van der Waals surface area (Å²) in [6, 6.07) is 5.17. The van der Waals surface area contributed by atoms with Crippen LogP contribution in [-0.4, -0.2) is 29.8 Å². The van der Waals surface area contributed by atoms with Crippen molar-refractivity contribution in [2.24, 2.45) is 0 Å². The van der Waals surface area contributed by atoms with Gasteiger partial charge in [-0.05, 0) is 19.1 Å². The molecule has 0 bridgehead atoms. The summed E-state index contributed by atoms with van der Waals surface area (Å²) < 4.78 is 57.3. The molecule has 0 radical (unpaired) electrons. The number of aromatic nitrogens is 3. The Morgan fingerprint density at radius 1 is 1.36 bits per heavy atom. The maximum atomic E-state index is 12.3. The predicted octanol–water partition coefficient (Wildman–Crippen LogP) is 1.38. The first-order valence-electron chi connectivity index (χ1n) is 6.34. The van der Waals surface area contributed by atoms with Crippen LogP contribution in [0.2, 0.25) is 0 Å². The van der Waals surface area contributed by atoms with Crippen LogP contribution in [0.5, 0.6) is 5.75 Å². The molecule has 1 aromatic heterocycles. The minimum absolute atomic E-state index is 0.112. The average Bonchev–Trinajstić information content (AvgIpc) is 2.92. The first kappa shape index (κ1) is 16.3. The summed E-state index contributed by atoms with van der Waals surface area (Å²) in [5.41, 5.74) is 0. The Morgan fingerprint density at radius 3 is 2.77 bits per heavy atom. The standard InChI is InChI=1S/C12H14F2N4O3S/c1-2-18-8-15-17-11(18)7-16-22(19,20)10-6-4-3-5-9(10)21-12(13)14/h3-6,8,12,16H,2,7H2,1H3. The number of sulfonamides is 1. The van der Waals surface area contributed by atoms with Crippen LogP contribution in [0.3, 0.4) is 0 Å². The fourth-order valence-corrected chi connectivity index (χ4v) is 2.90. The molecule has 0 aliphatic heterocycles. The van der Waals surface area contributed by atoms with Crippen LogP contribution in [0.1, 0.15) is 12.7 Å². The molecule has 0 spiro atoms. The molecule has 0 saturated carbocycles. The number of ether oxygens (including phenoxy) is 1. The third-order valence-corrected chi connectivity index (χ3v) is 4.25. The van der Waals surface area contributed by atoms with Gasteiger partial charge in [-0.3, -0.25) is 0 Å². The summed E-state index contributed by atoms with van der Waals surface area (Å²) in [4.78, 5) is -0.363. The molecule has 0 atom stereocenters. The highest BCUT2D eigenvalue weighted by Gasteiger charge is 2.21. The summed E-state index contributed by atoms with van der Waals surface area (Å²) >= 11 is 0. The fourth-order valence-electron chi connectivity index (χ4n) is 1.78. The largest absolute Gasteiger partial charge is 0.433 e. The lowest BCUT2D eigenvalue weighted by molar-refractivity contribution is -0.0517. The van der Waals surface area contributed by atoms with E-state index in [4.69, 9.17) is 0 Å². The van der Waals surface area contributed by atoms with E-state index in [0.717, 1.165) is 6.07 Å². The Balaban J connectivity index is 2.20. The number of hydrogen-bond acceptors (Lipinski definition) is 5. The molecular formula is C12H14F2N4O3S. The number of alkyl halides is 2. The molecule has 0 aliphatic rings. The number of halogens is 2. The summed E-state index contributed by atoms with van der Waals surface area (Å²) in [5.74, 6) is 0.000271.